The van der Waals surface area contributed by atoms with Crippen molar-refractivity contribution < 1.29 is 14.7 Å². The van der Waals surface area contributed by atoms with Crippen LogP contribution < -0.4 is 5.32 Å². The van der Waals surface area contributed by atoms with E-state index in [2.05, 4.69) is 10.2 Å². The van der Waals surface area contributed by atoms with E-state index in [1.807, 2.05) is 0 Å². The van der Waals surface area contributed by atoms with Crippen molar-refractivity contribution in [3.63, 3.8) is 0 Å². The van der Waals surface area contributed by atoms with Crippen LogP contribution in [0.15, 0.2) is 0 Å². The van der Waals surface area contributed by atoms with Crippen LogP contribution in [0.5, 0.6) is 0 Å². The molecule has 0 saturated carbocycles. The van der Waals surface area contributed by atoms with Crippen LogP contribution in [0.3, 0.4) is 0 Å². The fourth-order valence-corrected chi connectivity index (χ4v) is 1.49. The molecule has 1 aliphatic heterocycles. The summed E-state index contributed by atoms with van der Waals surface area (Å²) in [6, 6.07) is 0. The molecule has 80 valence electrons. The third-order valence-electron chi connectivity index (χ3n) is 2.27. The van der Waals surface area contributed by atoms with Gasteiger partial charge < -0.3 is 15.3 Å². The predicted molar refractivity (Wildman–Crippen MR) is 50.9 cm³/mol. The Labute approximate surface area is 83.1 Å². The molecule has 1 aliphatic rings. The van der Waals surface area contributed by atoms with Gasteiger partial charge in [0.05, 0.1) is 0 Å². The van der Waals surface area contributed by atoms with Gasteiger partial charge in [0, 0.05) is 32.5 Å². The Hall–Kier alpha value is -1.10. The van der Waals surface area contributed by atoms with Crippen LogP contribution >= 0.6 is 0 Å². The van der Waals surface area contributed by atoms with E-state index in [4.69, 9.17) is 5.11 Å². The summed E-state index contributed by atoms with van der Waals surface area (Å²) in [7, 11) is 0. The molecule has 14 heavy (non-hydrogen) atoms. The van der Waals surface area contributed by atoms with Crippen molar-refractivity contribution in [2.45, 2.75) is 19.3 Å². The number of hydrogen-bond acceptors (Lipinski definition) is 3. The molecule has 1 rings (SSSR count). The zero-order chi connectivity index (χ0) is 10.4. The summed E-state index contributed by atoms with van der Waals surface area (Å²) in [5, 5.41) is 11.2. The maximum Gasteiger partial charge on any atom is 0.303 e. The summed E-state index contributed by atoms with van der Waals surface area (Å²) >= 11 is 0. The number of carboxylic acids is 1. The molecule has 1 amide bonds. The second kappa shape index (κ2) is 5.59. The summed E-state index contributed by atoms with van der Waals surface area (Å²) in [6.45, 7) is 3.00. The molecule has 0 aromatic carbocycles. The Balaban J connectivity index is 2.17. The minimum atomic E-state index is -0.756. The standard InChI is InChI=1S/C9H16N2O3/c12-8-3-6-11(7-4-10-8)5-1-2-9(13)14/h1-7H2,(H,10,12)(H,13,14). The molecule has 5 heteroatoms. The van der Waals surface area contributed by atoms with E-state index in [0.29, 0.717) is 19.4 Å². The maximum absolute atomic E-state index is 11.0. The van der Waals surface area contributed by atoms with Crippen LogP contribution in [-0.4, -0.2) is 48.1 Å². The molecule has 0 atom stereocenters. The van der Waals surface area contributed by atoms with Crippen LogP contribution in [-0.2, 0) is 9.59 Å². The van der Waals surface area contributed by atoms with E-state index in [-0.39, 0.29) is 12.3 Å². The van der Waals surface area contributed by atoms with Gasteiger partial charge in [0.15, 0.2) is 0 Å². The van der Waals surface area contributed by atoms with Crippen molar-refractivity contribution in [1.29, 1.82) is 0 Å². The largest absolute Gasteiger partial charge is 0.481 e. The number of nitrogens with zero attached hydrogens (tertiary/aromatic N) is 1. The molecular weight excluding hydrogens is 184 g/mol. The van der Waals surface area contributed by atoms with Crippen molar-refractivity contribution in [3.05, 3.63) is 0 Å². The lowest BCUT2D eigenvalue weighted by atomic mass is 10.3. The van der Waals surface area contributed by atoms with E-state index in [9.17, 15) is 9.59 Å². The lowest BCUT2D eigenvalue weighted by Gasteiger charge is -2.17. The average molecular weight is 200 g/mol. The van der Waals surface area contributed by atoms with Crippen LogP contribution in [0.25, 0.3) is 0 Å². The summed E-state index contributed by atoms with van der Waals surface area (Å²) in [6.07, 6.45) is 1.38. The number of carboxylic acid groups (broad SMARTS) is 1. The molecule has 0 unspecified atom stereocenters. The molecule has 1 fully saturated rings. The highest BCUT2D eigenvalue weighted by molar-refractivity contribution is 5.76. The lowest BCUT2D eigenvalue weighted by molar-refractivity contribution is -0.137. The highest BCUT2D eigenvalue weighted by Crippen LogP contribution is 1.99. The first-order valence-electron chi connectivity index (χ1n) is 4.89. The molecule has 0 aromatic heterocycles. The van der Waals surface area contributed by atoms with E-state index >= 15 is 0 Å². The summed E-state index contributed by atoms with van der Waals surface area (Å²) < 4.78 is 0. The third-order valence-corrected chi connectivity index (χ3v) is 2.27. The fraction of sp³-hybridized carbons (Fsp3) is 0.778. The number of carbonyl (C=O) groups is 2. The van der Waals surface area contributed by atoms with Crippen LogP contribution in [0.4, 0.5) is 0 Å². The smallest absolute Gasteiger partial charge is 0.303 e. The first-order valence-corrected chi connectivity index (χ1v) is 4.89. The van der Waals surface area contributed by atoms with Gasteiger partial charge in [0.25, 0.3) is 0 Å². The van der Waals surface area contributed by atoms with Crippen molar-refractivity contribution in [2.75, 3.05) is 26.2 Å². The van der Waals surface area contributed by atoms with Gasteiger partial charge in [-0.1, -0.05) is 0 Å². The molecule has 1 saturated heterocycles. The average Bonchev–Trinajstić information content (AvgIpc) is 2.30. The molecule has 0 aliphatic carbocycles. The van der Waals surface area contributed by atoms with Gasteiger partial charge in [0.1, 0.15) is 0 Å². The molecule has 2 N–H and O–H groups in total. The number of rotatable bonds is 4. The topological polar surface area (TPSA) is 69.6 Å². The number of hydrogen-bond donors (Lipinski definition) is 2. The first-order chi connectivity index (χ1) is 6.68. The zero-order valence-corrected chi connectivity index (χ0v) is 8.16. The van der Waals surface area contributed by atoms with Crippen LogP contribution in [0.1, 0.15) is 19.3 Å². The van der Waals surface area contributed by atoms with Gasteiger partial charge in [-0.05, 0) is 13.0 Å². The molecule has 1 heterocycles. The molecule has 0 spiro atoms. The van der Waals surface area contributed by atoms with Gasteiger partial charge in [-0.25, -0.2) is 0 Å². The summed E-state index contributed by atoms with van der Waals surface area (Å²) in [5.74, 6) is -0.667. The van der Waals surface area contributed by atoms with E-state index in [1.54, 1.807) is 0 Å². The number of amides is 1. The normalized spacial score (nSPS) is 18.7. The highest BCUT2D eigenvalue weighted by atomic mass is 16.4. The molecule has 0 radical (unpaired) electrons. The Morgan fingerprint density at radius 3 is 3.00 bits per heavy atom. The minimum Gasteiger partial charge on any atom is -0.481 e. The fourth-order valence-electron chi connectivity index (χ4n) is 1.49. The minimum absolute atomic E-state index is 0.0886. The van der Waals surface area contributed by atoms with Gasteiger partial charge >= 0.3 is 5.97 Å². The summed E-state index contributed by atoms with van der Waals surface area (Å²) in [4.78, 5) is 23.4. The SMILES string of the molecule is O=C(O)CCCN1CCNC(=O)CC1. The second-order valence-corrected chi connectivity index (χ2v) is 3.44. The van der Waals surface area contributed by atoms with E-state index in [1.165, 1.54) is 0 Å². The monoisotopic (exact) mass is 200 g/mol. The van der Waals surface area contributed by atoms with Gasteiger partial charge in [-0.15, -0.1) is 0 Å². The molecule has 5 nitrogen and oxygen atoms in total. The number of nitrogens with one attached hydrogen (secondary N) is 1. The van der Waals surface area contributed by atoms with Gasteiger partial charge in [0.2, 0.25) is 5.91 Å². The van der Waals surface area contributed by atoms with Gasteiger partial charge in [-0.3, -0.25) is 9.59 Å². The highest BCUT2D eigenvalue weighted by Gasteiger charge is 2.12. The Morgan fingerprint density at radius 2 is 2.29 bits per heavy atom. The number of carbonyl (C=O) groups excluding carboxylic acids is 1. The molecular formula is C9H16N2O3. The Kier molecular flexibility index (Phi) is 4.39. The zero-order valence-electron chi connectivity index (χ0n) is 8.16. The molecule has 0 aromatic rings. The Bertz CT molecular complexity index is 218. The molecule has 0 bridgehead atoms. The second-order valence-electron chi connectivity index (χ2n) is 3.44. The van der Waals surface area contributed by atoms with E-state index < -0.39 is 5.97 Å². The number of aliphatic carboxylic acids is 1. The summed E-state index contributed by atoms with van der Waals surface area (Å²) in [5.41, 5.74) is 0. The van der Waals surface area contributed by atoms with Gasteiger partial charge in [-0.2, -0.15) is 0 Å². The van der Waals surface area contributed by atoms with Crippen molar-refractivity contribution in [1.82, 2.24) is 10.2 Å². The van der Waals surface area contributed by atoms with Crippen molar-refractivity contribution in [3.8, 4) is 0 Å². The lowest BCUT2D eigenvalue weighted by Crippen LogP contribution is -2.29. The predicted octanol–water partition coefficient (Wildman–Crippen LogP) is -0.327. The third kappa shape index (κ3) is 4.23. The van der Waals surface area contributed by atoms with Crippen molar-refractivity contribution in [2.24, 2.45) is 0 Å². The first kappa shape index (κ1) is 11.0. The van der Waals surface area contributed by atoms with Crippen LogP contribution in [0, 0.1) is 0 Å². The van der Waals surface area contributed by atoms with Crippen molar-refractivity contribution >= 4 is 11.9 Å². The Morgan fingerprint density at radius 1 is 1.50 bits per heavy atom. The maximum atomic E-state index is 11.0. The quantitative estimate of drug-likeness (QED) is 0.652. The van der Waals surface area contributed by atoms with E-state index in [0.717, 1.165) is 19.6 Å². The van der Waals surface area contributed by atoms with Crippen LogP contribution in [0.2, 0.25) is 0 Å².